The Morgan fingerprint density at radius 3 is 0.672 bits per heavy atom. The van der Waals surface area contributed by atoms with E-state index in [9.17, 15) is 34.8 Å². The van der Waals surface area contributed by atoms with Crippen molar-refractivity contribution in [3.05, 3.63) is 0 Å². The lowest BCUT2D eigenvalue weighted by Gasteiger charge is -2.45. The highest BCUT2D eigenvalue weighted by Gasteiger charge is 2.65. The number of hydrogen-bond donors (Lipinski definition) is 4. The van der Waals surface area contributed by atoms with Crippen LogP contribution in [0.3, 0.4) is 0 Å². The van der Waals surface area contributed by atoms with Gasteiger partial charge in [-0.15, -0.1) is 0 Å². The van der Waals surface area contributed by atoms with E-state index in [1.807, 2.05) is 0 Å². The predicted octanol–water partition coefficient (Wildman–Crippen LogP) is 19.1. The summed E-state index contributed by atoms with van der Waals surface area (Å²) in [5, 5.41) is 44.6. The van der Waals surface area contributed by atoms with Crippen molar-refractivity contribution in [3.63, 3.8) is 0 Å². The van der Waals surface area contributed by atoms with Gasteiger partial charge in [0.25, 0.3) is 0 Å². The zero-order chi connectivity index (χ0) is 49.9. The summed E-state index contributed by atoms with van der Waals surface area (Å²) in [5.41, 5.74) is -4.97. The van der Waals surface area contributed by atoms with Gasteiger partial charge in [0.2, 0.25) is 0 Å². The summed E-state index contributed by atoms with van der Waals surface area (Å²) >= 11 is 0. The average Bonchev–Trinajstić information content (AvgIpc) is 3.27. The third-order valence-electron chi connectivity index (χ3n) is 15.3. The van der Waals surface area contributed by atoms with Crippen molar-refractivity contribution < 1.29 is 34.8 Å². The van der Waals surface area contributed by atoms with Gasteiger partial charge in [-0.05, 0) is 37.0 Å². The highest BCUT2D eigenvalue weighted by molar-refractivity contribution is 5.93. The molecule has 0 saturated carbocycles. The van der Waals surface area contributed by atoms with E-state index in [0.717, 1.165) is 94.8 Å². The number of carboxylic acids is 3. The van der Waals surface area contributed by atoms with Crippen LogP contribution in [0.2, 0.25) is 0 Å². The van der Waals surface area contributed by atoms with E-state index in [1.165, 1.54) is 173 Å². The van der Waals surface area contributed by atoms with Crippen molar-refractivity contribution in [2.24, 2.45) is 29.1 Å². The Morgan fingerprint density at radius 1 is 0.299 bits per heavy atom. The van der Waals surface area contributed by atoms with Crippen molar-refractivity contribution in [1.29, 1.82) is 0 Å². The van der Waals surface area contributed by atoms with E-state index in [4.69, 9.17) is 0 Å². The smallest absolute Gasteiger partial charge is 0.337 e. The molecule has 0 spiro atoms. The minimum atomic E-state index is -2.90. The van der Waals surface area contributed by atoms with Gasteiger partial charge in [-0.25, -0.2) is 4.79 Å². The van der Waals surface area contributed by atoms with Crippen LogP contribution in [0.25, 0.3) is 0 Å². The van der Waals surface area contributed by atoms with Crippen molar-refractivity contribution >= 4 is 17.9 Å². The summed E-state index contributed by atoms with van der Waals surface area (Å²) in [5.74, 6) is -3.77. The van der Waals surface area contributed by atoms with Crippen LogP contribution in [0.5, 0.6) is 0 Å². The van der Waals surface area contributed by atoms with Gasteiger partial charge in [0, 0.05) is 0 Å². The molecule has 67 heavy (non-hydrogen) atoms. The molecule has 0 fully saturated rings. The normalized spacial score (nSPS) is 13.5. The maximum absolute atomic E-state index is 13.5. The molecule has 0 radical (unpaired) electrons. The number of hydrogen-bond acceptors (Lipinski definition) is 4. The van der Waals surface area contributed by atoms with Crippen LogP contribution in [0, 0.1) is 29.1 Å². The lowest BCUT2D eigenvalue weighted by Crippen LogP contribution is -2.64. The molecule has 2 unspecified atom stereocenters. The van der Waals surface area contributed by atoms with Crippen molar-refractivity contribution in [2.75, 3.05) is 0 Å². The Hall–Kier alpha value is -1.63. The van der Waals surface area contributed by atoms with E-state index in [2.05, 4.69) is 41.5 Å². The fourth-order valence-corrected chi connectivity index (χ4v) is 10.8. The van der Waals surface area contributed by atoms with Crippen LogP contribution >= 0.6 is 0 Å². The molecule has 0 bridgehead atoms. The van der Waals surface area contributed by atoms with E-state index < -0.39 is 34.8 Å². The molecule has 0 saturated heterocycles. The molecule has 0 aromatic carbocycles. The second-order valence-corrected chi connectivity index (χ2v) is 23.0. The van der Waals surface area contributed by atoms with Gasteiger partial charge in [0.15, 0.2) is 5.60 Å². The number of rotatable bonds is 53. The Morgan fingerprint density at radius 2 is 0.493 bits per heavy atom. The molecule has 0 amide bonds. The van der Waals surface area contributed by atoms with Crippen molar-refractivity contribution in [2.45, 2.75) is 336 Å². The van der Waals surface area contributed by atoms with Crippen LogP contribution in [0.15, 0.2) is 0 Å². The van der Waals surface area contributed by atoms with E-state index in [1.54, 1.807) is 0 Å². The molecule has 7 heteroatoms. The Bertz CT molecular complexity index is 1100. The molecule has 0 aromatic heterocycles. The van der Waals surface area contributed by atoms with Gasteiger partial charge in [0.1, 0.15) is 5.41 Å². The van der Waals surface area contributed by atoms with Crippen LogP contribution < -0.4 is 0 Å². The zero-order valence-electron chi connectivity index (χ0n) is 45.6. The maximum Gasteiger partial charge on any atom is 0.337 e. The van der Waals surface area contributed by atoms with E-state index >= 15 is 0 Å². The first-order valence-electron chi connectivity index (χ1n) is 29.6. The summed E-state index contributed by atoms with van der Waals surface area (Å²) in [6.45, 7) is 13.8. The first-order chi connectivity index (χ1) is 32.2. The minimum absolute atomic E-state index is 0.0259. The van der Waals surface area contributed by atoms with Crippen molar-refractivity contribution in [3.8, 4) is 0 Å². The third kappa shape index (κ3) is 34.4. The monoisotopic (exact) mass is 949 g/mol. The number of aliphatic hydroxyl groups is 1. The van der Waals surface area contributed by atoms with E-state index in [-0.39, 0.29) is 19.3 Å². The molecule has 0 aliphatic rings. The molecular formula is C60H116O7. The maximum atomic E-state index is 13.5. The highest BCUT2D eigenvalue weighted by atomic mass is 16.4. The first kappa shape index (κ1) is 65.4. The molecule has 7 nitrogen and oxygen atoms in total. The molecule has 0 aromatic rings. The van der Waals surface area contributed by atoms with Gasteiger partial charge in [-0.3, -0.25) is 9.59 Å². The van der Waals surface area contributed by atoms with Crippen LogP contribution in [-0.2, 0) is 14.4 Å². The molecule has 0 rings (SSSR count). The van der Waals surface area contributed by atoms with Gasteiger partial charge in [-0.1, -0.05) is 311 Å². The standard InChI is InChI=1S/C60H116O7/c1-52(2)46-40-34-28-22-16-10-7-13-19-25-31-37-43-49-55(56(61)62)60(67,58(65)66)59(57(63)64,50-44-38-32-26-20-14-8-11-17-23-29-35-41-47-53(3)4)51-45-39-33-27-21-15-9-12-18-24-30-36-42-48-54(5)6/h52-55,67H,7-51H2,1-6H3,(H,61,62)(H,63,64)(H,65,66). The topological polar surface area (TPSA) is 132 Å². The fraction of sp³-hybridized carbons (Fsp3) is 0.950. The van der Waals surface area contributed by atoms with Crippen LogP contribution in [0.1, 0.15) is 330 Å². The lowest BCUT2D eigenvalue weighted by molar-refractivity contribution is -0.207. The molecule has 0 aliphatic carbocycles. The van der Waals surface area contributed by atoms with Gasteiger partial charge in [0.05, 0.1) is 5.92 Å². The second-order valence-electron chi connectivity index (χ2n) is 23.0. The zero-order valence-corrected chi connectivity index (χ0v) is 45.6. The van der Waals surface area contributed by atoms with Crippen molar-refractivity contribution in [1.82, 2.24) is 0 Å². The fourth-order valence-electron chi connectivity index (χ4n) is 10.8. The van der Waals surface area contributed by atoms with Crippen LogP contribution in [-0.4, -0.2) is 43.9 Å². The molecule has 398 valence electrons. The number of aliphatic carboxylic acids is 3. The number of carboxylic acid groups (broad SMARTS) is 3. The minimum Gasteiger partial charge on any atom is -0.481 e. The summed E-state index contributed by atoms with van der Waals surface area (Å²) in [4.78, 5) is 39.7. The van der Waals surface area contributed by atoms with Gasteiger partial charge in [-0.2, -0.15) is 0 Å². The quantitative estimate of drug-likeness (QED) is 0.0447. The Labute approximate surface area is 416 Å². The van der Waals surface area contributed by atoms with E-state index in [0.29, 0.717) is 19.3 Å². The summed E-state index contributed by atoms with van der Waals surface area (Å²) in [6, 6.07) is 0. The number of carbonyl (C=O) groups is 3. The summed E-state index contributed by atoms with van der Waals surface area (Å²) in [7, 11) is 0. The SMILES string of the molecule is CC(C)CCCCCCCCCCCCCCCC(C(=O)O)C(O)(C(=O)O)C(CCCCCCCCCCCCCCCC(C)C)(CCCCCCCCCCCCCCCC(C)C)C(=O)O. The third-order valence-corrected chi connectivity index (χ3v) is 15.3. The largest absolute Gasteiger partial charge is 0.481 e. The molecule has 2 atom stereocenters. The Kier molecular flexibility index (Phi) is 43.2. The van der Waals surface area contributed by atoms with Crippen LogP contribution in [0.4, 0.5) is 0 Å². The molecule has 4 N–H and O–H groups in total. The molecular weight excluding hydrogens is 833 g/mol. The summed E-state index contributed by atoms with van der Waals surface area (Å²) in [6.07, 6.45) is 48.0. The van der Waals surface area contributed by atoms with Gasteiger partial charge >= 0.3 is 17.9 Å². The van der Waals surface area contributed by atoms with Gasteiger partial charge < -0.3 is 20.4 Å². The molecule has 0 heterocycles. The highest BCUT2D eigenvalue weighted by Crippen LogP contribution is 2.48. The molecule has 0 aliphatic heterocycles. The number of unbranched alkanes of at least 4 members (excludes halogenated alkanes) is 36. The first-order valence-corrected chi connectivity index (χ1v) is 29.6. The summed E-state index contributed by atoms with van der Waals surface area (Å²) < 4.78 is 0. The lowest BCUT2D eigenvalue weighted by atomic mass is 9.59. The predicted molar refractivity (Wildman–Crippen MR) is 286 cm³/mol. The Balaban J connectivity index is 5.21. The second kappa shape index (κ2) is 44.3. The average molecular weight is 950 g/mol.